The van der Waals surface area contributed by atoms with Crippen LogP contribution < -0.4 is 4.90 Å². The summed E-state index contributed by atoms with van der Waals surface area (Å²) in [6, 6.07) is 11.2. The van der Waals surface area contributed by atoms with Gasteiger partial charge in [0.15, 0.2) is 5.78 Å². The van der Waals surface area contributed by atoms with Crippen LogP contribution in [0.3, 0.4) is 0 Å². The third-order valence-electron chi connectivity index (χ3n) is 5.31. The molecule has 148 valence electrons. The van der Waals surface area contributed by atoms with Gasteiger partial charge in [0.05, 0.1) is 15.6 Å². The van der Waals surface area contributed by atoms with Crippen LogP contribution in [0, 0.1) is 10.1 Å². The summed E-state index contributed by atoms with van der Waals surface area (Å²) < 4.78 is 0. The molecule has 29 heavy (non-hydrogen) atoms. The number of nitrogens with zero attached hydrogens (tertiary/aromatic N) is 2. The maximum atomic E-state index is 13.2. The second-order valence-electron chi connectivity index (χ2n) is 7.07. The van der Waals surface area contributed by atoms with Crippen LogP contribution in [0.4, 0.5) is 11.4 Å². The minimum atomic E-state index is -0.544. The monoisotopic (exact) mass is 430 g/mol. The zero-order valence-electron chi connectivity index (χ0n) is 15.2. The second kappa shape index (κ2) is 7.61. The van der Waals surface area contributed by atoms with Crippen molar-refractivity contribution in [1.29, 1.82) is 0 Å². The van der Waals surface area contributed by atoms with Gasteiger partial charge in [-0.25, -0.2) is 0 Å². The van der Waals surface area contributed by atoms with Crippen molar-refractivity contribution in [3.05, 3.63) is 79.5 Å². The first-order valence-electron chi connectivity index (χ1n) is 9.15. The molecule has 1 atom stereocenters. The zero-order chi connectivity index (χ0) is 20.7. The van der Waals surface area contributed by atoms with Gasteiger partial charge in [0, 0.05) is 47.2 Å². The highest BCUT2D eigenvalue weighted by molar-refractivity contribution is 6.34. The van der Waals surface area contributed by atoms with E-state index in [1.165, 1.54) is 23.1 Å². The van der Waals surface area contributed by atoms with Gasteiger partial charge in [-0.15, -0.1) is 0 Å². The van der Waals surface area contributed by atoms with Crippen molar-refractivity contribution in [3.8, 4) is 0 Å². The third-order valence-corrected chi connectivity index (χ3v) is 5.85. The summed E-state index contributed by atoms with van der Waals surface area (Å²) in [5, 5.41) is 11.6. The molecule has 8 heteroatoms. The molecule has 1 aliphatic carbocycles. The van der Waals surface area contributed by atoms with Gasteiger partial charge in [0.2, 0.25) is 5.91 Å². The van der Waals surface area contributed by atoms with Gasteiger partial charge in [-0.2, -0.15) is 0 Å². The maximum Gasteiger partial charge on any atom is 0.271 e. The van der Waals surface area contributed by atoms with Gasteiger partial charge >= 0.3 is 0 Å². The van der Waals surface area contributed by atoms with Crippen molar-refractivity contribution in [2.75, 3.05) is 4.90 Å². The first kappa shape index (κ1) is 19.6. The first-order valence-corrected chi connectivity index (χ1v) is 9.91. The lowest BCUT2D eigenvalue weighted by Crippen LogP contribution is -2.40. The van der Waals surface area contributed by atoms with Crippen LogP contribution in [0.2, 0.25) is 10.0 Å². The van der Waals surface area contributed by atoms with Crippen LogP contribution in [0.5, 0.6) is 0 Å². The Labute approximate surface area is 176 Å². The number of hydrogen-bond donors (Lipinski definition) is 0. The number of hydrogen-bond acceptors (Lipinski definition) is 4. The Hall–Kier alpha value is -2.70. The number of halogens is 2. The number of anilines is 1. The number of Topliss-reactive ketones (excluding diaryl/α,β-unsaturated/α-hetero) is 1. The highest BCUT2D eigenvalue weighted by Gasteiger charge is 2.40. The summed E-state index contributed by atoms with van der Waals surface area (Å²) >= 11 is 12.4. The van der Waals surface area contributed by atoms with Gasteiger partial charge in [-0.3, -0.25) is 24.6 Å². The fourth-order valence-electron chi connectivity index (χ4n) is 4.07. The predicted molar refractivity (Wildman–Crippen MR) is 110 cm³/mol. The number of carbonyl (C=O) groups excluding carboxylic acids is 2. The van der Waals surface area contributed by atoms with Crippen LogP contribution in [-0.4, -0.2) is 16.6 Å². The fraction of sp³-hybridized carbons (Fsp3) is 0.238. The van der Waals surface area contributed by atoms with Gasteiger partial charge in [0.25, 0.3) is 5.69 Å². The maximum absolute atomic E-state index is 13.2. The molecule has 0 aromatic heterocycles. The van der Waals surface area contributed by atoms with Crippen molar-refractivity contribution in [1.82, 2.24) is 0 Å². The molecule has 0 spiro atoms. The number of ketones is 1. The van der Waals surface area contributed by atoms with E-state index in [4.69, 9.17) is 23.2 Å². The quantitative estimate of drug-likeness (QED) is 0.480. The average molecular weight is 431 g/mol. The van der Waals surface area contributed by atoms with E-state index in [0.29, 0.717) is 41.2 Å². The molecule has 4 rings (SSSR count). The molecular formula is C21H16Cl2N2O4. The lowest BCUT2D eigenvalue weighted by molar-refractivity contribution is -0.384. The Balaban J connectivity index is 1.86. The molecule has 0 saturated heterocycles. The molecule has 0 fully saturated rings. The number of carbonyl (C=O) groups is 2. The number of nitro groups is 1. The predicted octanol–water partition coefficient (Wildman–Crippen LogP) is 5.43. The summed E-state index contributed by atoms with van der Waals surface area (Å²) in [6.45, 7) is 0. The highest BCUT2D eigenvalue weighted by atomic mass is 35.5. The Kier molecular flexibility index (Phi) is 5.15. The zero-order valence-corrected chi connectivity index (χ0v) is 16.7. The van der Waals surface area contributed by atoms with Crippen molar-refractivity contribution in [3.63, 3.8) is 0 Å². The second-order valence-corrected chi connectivity index (χ2v) is 7.91. The normalized spacial score (nSPS) is 19.4. The summed E-state index contributed by atoms with van der Waals surface area (Å²) in [5.41, 5.74) is 2.25. The van der Waals surface area contributed by atoms with E-state index in [2.05, 4.69) is 0 Å². The number of amides is 1. The minimum Gasteiger partial charge on any atom is -0.294 e. The van der Waals surface area contributed by atoms with Crippen molar-refractivity contribution in [2.45, 2.75) is 31.6 Å². The topological polar surface area (TPSA) is 80.5 Å². The van der Waals surface area contributed by atoms with E-state index in [1.54, 1.807) is 18.2 Å². The highest BCUT2D eigenvalue weighted by Crippen LogP contribution is 2.45. The molecular weight excluding hydrogens is 415 g/mol. The van der Waals surface area contributed by atoms with Gasteiger partial charge in [-0.1, -0.05) is 35.3 Å². The molecule has 0 N–H and O–H groups in total. The standard InChI is InChI=1S/C21H16Cl2N2O4/c22-13-4-1-3-12(9-13)15-11-20(27)24(18-5-2-6-19(26)21(15)18)17-8-7-14(25(28)29)10-16(17)23/h1,3-4,7-10,15H,2,5-6,11H2. The number of allylic oxidation sites excluding steroid dienone is 2. The molecule has 0 bridgehead atoms. The molecule has 1 amide bonds. The van der Waals surface area contributed by atoms with Crippen molar-refractivity contribution < 1.29 is 14.5 Å². The molecule has 0 saturated carbocycles. The molecule has 2 aromatic rings. The fourth-order valence-corrected chi connectivity index (χ4v) is 4.53. The van der Waals surface area contributed by atoms with E-state index < -0.39 is 4.92 Å². The average Bonchev–Trinajstić information content (AvgIpc) is 2.68. The summed E-state index contributed by atoms with van der Waals surface area (Å²) in [5.74, 6) is -0.567. The van der Waals surface area contributed by atoms with Crippen LogP contribution in [-0.2, 0) is 9.59 Å². The lowest BCUT2D eigenvalue weighted by Gasteiger charge is -2.38. The molecule has 1 unspecified atom stereocenters. The Morgan fingerprint density at radius 3 is 2.55 bits per heavy atom. The van der Waals surface area contributed by atoms with E-state index in [0.717, 1.165) is 5.56 Å². The molecule has 6 nitrogen and oxygen atoms in total. The Bertz CT molecular complexity index is 1080. The molecule has 1 aliphatic heterocycles. The van der Waals surface area contributed by atoms with E-state index in [1.807, 2.05) is 6.07 Å². The summed E-state index contributed by atoms with van der Waals surface area (Å²) in [6.07, 6.45) is 1.70. The molecule has 0 radical (unpaired) electrons. The van der Waals surface area contributed by atoms with E-state index in [9.17, 15) is 19.7 Å². The van der Waals surface area contributed by atoms with Gasteiger partial charge in [0.1, 0.15) is 0 Å². The summed E-state index contributed by atoms with van der Waals surface area (Å²) in [7, 11) is 0. The van der Waals surface area contributed by atoms with E-state index in [-0.39, 0.29) is 34.7 Å². The number of non-ortho nitro benzene ring substituents is 1. The largest absolute Gasteiger partial charge is 0.294 e. The van der Waals surface area contributed by atoms with Crippen molar-refractivity contribution in [2.24, 2.45) is 0 Å². The SMILES string of the molecule is O=C1CCCC2=C1C(c1cccc(Cl)c1)CC(=O)N2c1ccc([N+](=O)[O-])cc1Cl. The third kappa shape index (κ3) is 3.54. The van der Waals surface area contributed by atoms with E-state index >= 15 is 0 Å². The number of nitro benzene ring substituents is 1. The minimum absolute atomic E-state index is 0.00626. The van der Waals surface area contributed by atoms with Crippen LogP contribution in [0.15, 0.2) is 53.7 Å². The number of benzene rings is 2. The summed E-state index contributed by atoms with van der Waals surface area (Å²) in [4.78, 5) is 37.9. The van der Waals surface area contributed by atoms with Gasteiger partial charge in [-0.05, 0) is 36.6 Å². The lowest BCUT2D eigenvalue weighted by atomic mass is 9.77. The van der Waals surface area contributed by atoms with Crippen LogP contribution in [0.1, 0.15) is 37.2 Å². The van der Waals surface area contributed by atoms with Crippen LogP contribution >= 0.6 is 23.2 Å². The van der Waals surface area contributed by atoms with Gasteiger partial charge < -0.3 is 0 Å². The first-order chi connectivity index (χ1) is 13.9. The van der Waals surface area contributed by atoms with Crippen molar-refractivity contribution >= 4 is 46.3 Å². The number of rotatable bonds is 3. The molecule has 2 aliphatic rings. The van der Waals surface area contributed by atoms with Crippen LogP contribution in [0.25, 0.3) is 0 Å². The Morgan fingerprint density at radius 1 is 1.07 bits per heavy atom. The smallest absolute Gasteiger partial charge is 0.271 e. The Morgan fingerprint density at radius 2 is 1.86 bits per heavy atom. The molecule has 2 aromatic carbocycles. The molecule has 1 heterocycles.